The fraction of sp³-hybridized carbons (Fsp3) is 0. The Labute approximate surface area is 44.5 Å². The number of aromatic nitrogens is 1. The summed E-state index contributed by atoms with van der Waals surface area (Å²) in [5.41, 5.74) is 0. The van der Waals surface area contributed by atoms with Gasteiger partial charge in [-0.1, -0.05) is 0 Å². The highest BCUT2D eigenvalue weighted by Crippen LogP contribution is 2.10. The second-order valence-electron chi connectivity index (χ2n) is 0.959. The maximum Gasteiger partial charge on any atom is 0.295 e. The highest BCUT2D eigenvalue weighted by Gasteiger charge is 1.93. The van der Waals surface area contributed by atoms with E-state index < -0.39 is 0 Å². The average molecular weight is 120 g/mol. The smallest absolute Gasteiger partial charge is 0.295 e. The van der Waals surface area contributed by atoms with Gasteiger partial charge in [0.05, 0.1) is 0 Å². The van der Waals surface area contributed by atoms with Gasteiger partial charge in [0, 0.05) is 0 Å². The Morgan fingerprint density at radius 3 is 2.71 bits per heavy atom. The average Bonchev–Trinajstić information content (AvgIpc) is 1.87. The van der Waals surface area contributed by atoms with Gasteiger partial charge in [0.2, 0.25) is 0 Å². The minimum atomic E-state index is -0.190. The SMILES string of the molecule is Oc1coc(Cl)n1. The van der Waals surface area contributed by atoms with E-state index in [0.29, 0.717) is 0 Å². The number of nitrogens with zero attached hydrogens (tertiary/aromatic N) is 1. The van der Waals surface area contributed by atoms with Gasteiger partial charge >= 0.3 is 0 Å². The summed E-state index contributed by atoms with van der Waals surface area (Å²) in [5.74, 6) is -0.190. The van der Waals surface area contributed by atoms with Crippen molar-refractivity contribution in [3.63, 3.8) is 0 Å². The van der Waals surface area contributed by atoms with E-state index in [1.165, 1.54) is 0 Å². The maximum absolute atomic E-state index is 8.36. The van der Waals surface area contributed by atoms with Gasteiger partial charge in [-0.25, -0.2) is 0 Å². The topological polar surface area (TPSA) is 46.3 Å². The van der Waals surface area contributed by atoms with Gasteiger partial charge in [-0.15, -0.1) is 0 Å². The van der Waals surface area contributed by atoms with Crippen LogP contribution in [0.2, 0.25) is 5.35 Å². The zero-order valence-corrected chi connectivity index (χ0v) is 4.01. The second-order valence-corrected chi connectivity index (χ2v) is 1.28. The molecule has 0 aromatic carbocycles. The summed E-state index contributed by atoms with van der Waals surface area (Å²) in [6.45, 7) is 0. The maximum atomic E-state index is 8.36. The summed E-state index contributed by atoms with van der Waals surface area (Å²) >= 11 is 5.12. The van der Waals surface area contributed by atoms with Crippen LogP contribution in [0.3, 0.4) is 0 Å². The molecule has 0 spiro atoms. The normalized spacial score (nSPS) is 9.29. The van der Waals surface area contributed by atoms with Crippen LogP contribution in [0, 0.1) is 0 Å². The van der Waals surface area contributed by atoms with E-state index in [2.05, 4.69) is 9.40 Å². The van der Waals surface area contributed by atoms with Crippen LogP contribution >= 0.6 is 11.6 Å². The lowest BCUT2D eigenvalue weighted by Gasteiger charge is -1.66. The van der Waals surface area contributed by atoms with Gasteiger partial charge in [0.1, 0.15) is 0 Å². The van der Waals surface area contributed by atoms with E-state index in [1.807, 2.05) is 0 Å². The lowest BCUT2D eigenvalue weighted by molar-refractivity contribution is 0.448. The van der Waals surface area contributed by atoms with Crippen LogP contribution in [0.15, 0.2) is 10.7 Å². The Bertz CT molecular complexity index is 145. The van der Waals surface area contributed by atoms with Gasteiger partial charge in [0.25, 0.3) is 11.2 Å². The van der Waals surface area contributed by atoms with Crippen molar-refractivity contribution in [1.82, 2.24) is 4.98 Å². The summed E-state index contributed by atoms with van der Waals surface area (Å²) in [7, 11) is 0. The van der Waals surface area contributed by atoms with Gasteiger partial charge < -0.3 is 9.52 Å². The highest BCUT2D eigenvalue weighted by molar-refractivity contribution is 6.27. The lowest BCUT2D eigenvalue weighted by atomic mass is 10.9. The molecule has 0 saturated carbocycles. The van der Waals surface area contributed by atoms with Crippen LogP contribution in [0.4, 0.5) is 0 Å². The molecule has 38 valence electrons. The summed E-state index contributed by atoms with van der Waals surface area (Å²) in [5, 5.41) is 8.32. The van der Waals surface area contributed by atoms with Crippen LogP contribution < -0.4 is 0 Å². The van der Waals surface area contributed by atoms with Crippen molar-refractivity contribution in [2.24, 2.45) is 0 Å². The molecule has 0 saturated heterocycles. The monoisotopic (exact) mass is 119 g/mol. The molecule has 7 heavy (non-hydrogen) atoms. The molecular weight excluding hydrogens is 117 g/mol. The van der Waals surface area contributed by atoms with Gasteiger partial charge in [0.15, 0.2) is 6.26 Å². The number of halogens is 1. The van der Waals surface area contributed by atoms with Gasteiger partial charge in [-0.05, 0) is 11.6 Å². The third kappa shape index (κ3) is 0.838. The summed E-state index contributed by atoms with van der Waals surface area (Å²) in [6, 6.07) is 0. The minimum absolute atomic E-state index is 0.0440. The predicted molar refractivity (Wildman–Crippen MR) is 23.2 cm³/mol. The first-order chi connectivity index (χ1) is 3.29. The molecule has 3 nitrogen and oxygen atoms in total. The molecule has 1 heterocycles. The van der Waals surface area contributed by atoms with E-state index in [-0.39, 0.29) is 11.2 Å². The first kappa shape index (κ1) is 4.46. The zero-order chi connectivity index (χ0) is 5.28. The number of oxazole rings is 1. The molecule has 4 heteroatoms. The molecule has 0 aliphatic heterocycles. The van der Waals surface area contributed by atoms with E-state index >= 15 is 0 Å². The van der Waals surface area contributed by atoms with Gasteiger partial charge in [-0.3, -0.25) is 0 Å². The minimum Gasteiger partial charge on any atom is -0.491 e. The molecule has 1 N–H and O–H groups in total. The fourth-order valence-corrected chi connectivity index (χ4v) is 0.375. The summed E-state index contributed by atoms with van der Waals surface area (Å²) in [6.07, 6.45) is 1.06. The van der Waals surface area contributed by atoms with Crippen molar-refractivity contribution in [3.8, 4) is 5.88 Å². The zero-order valence-electron chi connectivity index (χ0n) is 3.26. The van der Waals surface area contributed by atoms with Crippen molar-refractivity contribution in [2.75, 3.05) is 0 Å². The molecule has 0 bridgehead atoms. The molecule has 0 radical (unpaired) electrons. The molecule has 0 amide bonds. The molecule has 1 rings (SSSR count). The van der Waals surface area contributed by atoms with Crippen LogP contribution in [-0.4, -0.2) is 10.1 Å². The predicted octanol–water partition coefficient (Wildman–Crippen LogP) is 1.03. The van der Waals surface area contributed by atoms with Crippen molar-refractivity contribution >= 4 is 11.6 Å². The molecule has 0 aliphatic carbocycles. The highest BCUT2D eigenvalue weighted by atomic mass is 35.5. The third-order valence-electron chi connectivity index (χ3n) is 0.464. The largest absolute Gasteiger partial charge is 0.491 e. The number of hydrogen-bond acceptors (Lipinski definition) is 3. The number of aromatic hydroxyl groups is 1. The molecule has 1 aromatic rings. The first-order valence-corrected chi connectivity index (χ1v) is 1.97. The van der Waals surface area contributed by atoms with E-state index in [9.17, 15) is 0 Å². The molecule has 0 aliphatic rings. The summed E-state index contributed by atoms with van der Waals surface area (Å²) < 4.78 is 4.37. The van der Waals surface area contributed by atoms with E-state index in [0.717, 1.165) is 6.26 Å². The van der Waals surface area contributed by atoms with Crippen LogP contribution in [0.25, 0.3) is 0 Å². The Morgan fingerprint density at radius 2 is 2.57 bits per heavy atom. The molecule has 1 aromatic heterocycles. The summed E-state index contributed by atoms with van der Waals surface area (Å²) in [4.78, 5) is 3.27. The van der Waals surface area contributed by atoms with E-state index in [4.69, 9.17) is 16.7 Å². The first-order valence-electron chi connectivity index (χ1n) is 1.59. The molecule has 0 atom stereocenters. The van der Waals surface area contributed by atoms with Crippen molar-refractivity contribution in [1.29, 1.82) is 0 Å². The van der Waals surface area contributed by atoms with Crippen molar-refractivity contribution in [2.45, 2.75) is 0 Å². The molecule has 0 fully saturated rings. The van der Waals surface area contributed by atoms with Gasteiger partial charge in [-0.2, -0.15) is 4.98 Å². The fourth-order valence-electron chi connectivity index (χ4n) is 0.244. The van der Waals surface area contributed by atoms with E-state index in [1.54, 1.807) is 0 Å². The van der Waals surface area contributed by atoms with Crippen LogP contribution in [0.1, 0.15) is 0 Å². The number of hydrogen-bond donors (Lipinski definition) is 1. The Hall–Kier alpha value is -0.700. The Morgan fingerprint density at radius 1 is 1.86 bits per heavy atom. The van der Waals surface area contributed by atoms with Crippen LogP contribution in [0.5, 0.6) is 5.88 Å². The van der Waals surface area contributed by atoms with Crippen LogP contribution in [-0.2, 0) is 0 Å². The standard InChI is InChI=1S/C3H2ClNO2/c4-3-5-2(6)1-7-3/h1,6H. The Kier molecular flexibility index (Phi) is 0.906. The van der Waals surface area contributed by atoms with Crippen molar-refractivity contribution < 1.29 is 9.52 Å². The molecule has 0 unspecified atom stereocenters. The molecular formula is C3H2ClNO2. The number of rotatable bonds is 0. The lowest BCUT2D eigenvalue weighted by Crippen LogP contribution is -1.56. The quantitative estimate of drug-likeness (QED) is 0.555. The Balaban J connectivity index is 3.04. The van der Waals surface area contributed by atoms with Crippen molar-refractivity contribution in [3.05, 3.63) is 11.6 Å². The third-order valence-corrected chi connectivity index (χ3v) is 0.638. The second kappa shape index (κ2) is 1.42.